The second kappa shape index (κ2) is 5.21. The number of benzene rings is 1. The van der Waals surface area contributed by atoms with Crippen LogP contribution in [0.3, 0.4) is 0 Å². The molecule has 0 aliphatic heterocycles. The Morgan fingerprint density at radius 2 is 1.89 bits per heavy atom. The van der Waals surface area contributed by atoms with E-state index in [1.807, 2.05) is 20.8 Å². The molecule has 1 rings (SSSR count). The van der Waals surface area contributed by atoms with Crippen molar-refractivity contribution in [2.24, 2.45) is 5.41 Å². The summed E-state index contributed by atoms with van der Waals surface area (Å²) in [7, 11) is -3.58. The number of carbonyl (C=O) groups is 1. The van der Waals surface area contributed by atoms with Gasteiger partial charge in [-0.05, 0) is 24.0 Å². The Balaban J connectivity index is 3.16. The van der Waals surface area contributed by atoms with Crippen LogP contribution in [0.15, 0.2) is 18.2 Å². The third-order valence-electron chi connectivity index (χ3n) is 2.38. The van der Waals surface area contributed by atoms with Crippen molar-refractivity contribution in [1.82, 2.24) is 0 Å². The minimum absolute atomic E-state index is 0.0440. The van der Waals surface area contributed by atoms with E-state index in [0.29, 0.717) is 5.56 Å². The van der Waals surface area contributed by atoms with Crippen LogP contribution < -0.4 is 4.72 Å². The van der Waals surface area contributed by atoms with Gasteiger partial charge in [0.25, 0.3) is 0 Å². The maximum Gasteiger partial charge on any atom is 0.337 e. The molecule has 0 heterocycles. The Morgan fingerprint density at radius 3 is 2.37 bits per heavy atom. The maximum atomic E-state index is 12.0. The molecule has 6 heteroatoms. The van der Waals surface area contributed by atoms with Gasteiger partial charge in [-0.3, -0.25) is 4.72 Å². The highest BCUT2D eigenvalue weighted by Crippen LogP contribution is 2.24. The Labute approximate surface area is 113 Å². The molecule has 0 saturated heterocycles. The van der Waals surface area contributed by atoms with Gasteiger partial charge in [0.1, 0.15) is 0 Å². The smallest absolute Gasteiger partial charge is 0.337 e. The summed E-state index contributed by atoms with van der Waals surface area (Å²) in [6, 6.07) is 4.63. The molecule has 0 fully saturated rings. The highest BCUT2D eigenvalue weighted by molar-refractivity contribution is 7.92. The van der Waals surface area contributed by atoms with Gasteiger partial charge in [-0.2, -0.15) is 0 Å². The summed E-state index contributed by atoms with van der Waals surface area (Å²) in [5.74, 6) is -1.23. The summed E-state index contributed by atoms with van der Waals surface area (Å²) < 4.78 is 26.5. The van der Waals surface area contributed by atoms with E-state index in [9.17, 15) is 13.2 Å². The first-order valence-electron chi connectivity index (χ1n) is 5.85. The minimum atomic E-state index is -3.58. The van der Waals surface area contributed by atoms with E-state index < -0.39 is 21.4 Å². The first-order valence-corrected chi connectivity index (χ1v) is 7.50. The molecule has 0 aliphatic rings. The second-order valence-corrected chi connectivity index (χ2v) is 7.45. The van der Waals surface area contributed by atoms with Crippen LogP contribution in [-0.2, 0) is 10.0 Å². The van der Waals surface area contributed by atoms with Crippen molar-refractivity contribution in [3.05, 3.63) is 29.3 Å². The van der Waals surface area contributed by atoms with E-state index in [0.717, 1.165) is 0 Å². The van der Waals surface area contributed by atoms with Crippen molar-refractivity contribution in [3.63, 3.8) is 0 Å². The normalized spacial score (nSPS) is 12.2. The fraction of sp³-hybridized carbons (Fsp3) is 0.462. The van der Waals surface area contributed by atoms with Crippen LogP contribution in [0, 0.1) is 12.3 Å². The molecule has 106 valence electrons. The molecular weight excluding hydrogens is 266 g/mol. The molecule has 0 atom stereocenters. The number of carboxylic acids is 1. The zero-order valence-electron chi connectivity index (χ0n) is 11.5. The molecule has 19 heavy (non-hydrogen) atoms. The number of rotatable bonds is 4. The lowest BCUT2D eigenvalue weighted by Gasteiger charge is -2.20. The number of aromatic carboxylic acids is 1. The summed E-state index contributed by atoms with van der Waals surface area (Å²) in [5.41, 5.74) is 0.270. The van der Waals surface area contributed by atoms with Crippen molar-refractivity contribution in [2.45, 2.75) is 27.7 Å². The fourth-order valence-electron chi connectivity index (χ4n) is 1.74. The van der Waals surface area contributed by atoms with E-state index >= 15 is 0 Å². The number of anilines is 1. The molecule has 0 spiro atoms. The zero-order valence-corrected chi connectivity index (χ0v) is 12.3. The van der Waals surface area contributed by atoms with Crippen LogP contribution in [0.2, 0.25) is 0 Å². The van der Waals surface area contributed by atoms with E-state index in [4.69, 9.17) is 5.11 Å². The number of hydrogen-bond acceptors (Lipinski definition) is 3. The van der Waals surface area contributed by atoms with Crippen molar-refractivity contribution >= 4 is 21.7 Å². The van der Waals surface area contributed by atoms with Gasteiger partial charge in [0.05, 0.1) is 17.0 Å². The number of para-hydroxylation sites is 1. The van der Waals surface area contributed by atoms with Gasteiger partial charge in [0.2, 0.25) is 10.0 Å². The molecule has 0 aliphatic carbocycles. The summed E-state index contributed by atoms with van der Waals surface area (Å²) in [4.78, 5) is 11.1. The quantitative estimate of drug-likeness (QED) is 0.890. The Morgan fingerprint density at radius 1 is 1.32 bits per heavy atom. The Hall–Kier alpha value is -1.56. The number of nitrogens with one attached hydrogen (secondary N) is 1. The molecule has 0 saturated carbocycles. The topological polar surface area (TPSA) is 83.5 Å². The highest BCUT2D eigenvalue weighted by atomic mass is 32.2. The van der Waals surface area contributed by atoms with Crippen molar-refractivity contribution in [2.75, 3.05) is 10.5 Å². The van der Waals surface area contributed by atoms with Crippen LogP contribution >= 0.6 is 0 Å². The van der Waals surface area contributed by atoms with Gasteiger partial charge < -0.3 is 5.11 Å². The molecule has 5 nitrogen and oxygen atoms in total. The van der Waals surface area contributed by atoms with Gasteiger partial charge >= 0.3 is 5.97 Å². The zero-order chi connectivity index (χ0) is 14.8. The van der Waals surface area contributed by atoms with Gasteiger partial charge in [0, 0.05) is 0 Å². The Bertz CT molecular complexity index is 585. The first kappa shape index (κ1) is 15.5. The SMILES string of the molecule is Cc1cccc(C(=O)O)c1NS(=O)(=O)CC(C)(C)C. The summed E-state index contributed by atoms with van der Waals surface area (Å²) in [5, 5.41) is 9.08. The third-order valence-corrected chi connectivity index (χ3v) is 4.14. The minimum Gasteiger partial charge on any atom is -0.478 e. The number of sulfonamides is 1. The molecular formula is C13H19NO4S. The van der Waals surface area contributed by atoms with Crippen molar-refractivity contribution in [1.29, 1.82) is 0 Å². The monoisotopic (exact) mass is 285 g/mol. The van der Waals surface area contributed by atoms with E-state index in [-0.39, 0.29) is 17.0 Å². The van der Waals surface area contributed by atoms with E-state index in [1.54, 1.807) is 19.1 Å². The fourth-order valence-corrected chi connectivity index (χ4v) is 3.54. The van der Waals surface area contributed by atoms with Gasteiger partial charge in [-0.1, -0.05) is 32.9 Å². The summed E-state index contributed by atoms with van der Waals surface area (Å²) >= 11 is 0. The number of aryl methyl sites for hydroxylation is 1. The maximum absolute atomic E-state index is 12.0. The van der Waals surface area contributed by atoms with Crippen LogP contribution in [0.1, 0.15) is 36.7 Å². The molecule has 2 N–H and O–H groups in total. The Kier molecular flexibility index (Phi) is 4.25. The first-order chi connectivity index (χ1) is 8.52. The lowest BCUT2D eigenvalue weighted by molar-refractivity contribution is 0.0698. The molecule has 0 unspecified atom stereocenters. The predicted molar refractivity (Wildman–Crippen MR) is 75.0 cm³/mol. The molecule has 0 radical (unpaired) electrons. The number of carboxylic acid groups (broad SMARTS) is 1. The van der Waals surface area contributed by atoms with Crippen molar-refractivity contribution in [3.8, 4) is 0 Å². The third kappa shape index (κ3) is 4.55. The van der Waals surface area contributed by atoms with Crippen LogP contribution in [0.4, 0.5) is 5.69 Å². The molecule has 0 bridgehead atoms. The van der Waals surface area contributed by atoms with Crippen LogP contribution in [-0.4, -0.2) is 25.2 Å². The van der Waals surface area contributed by atoms with Gasteiger partial charge in [0.15, 0.2) is 0 Å². The van der Waals surface area contributed by atoms with Crippen LogP contribution in [0.5, 0.6) is 0 Å². The predicted octanol–water partition coefficient (Wildman–Crippen LogP) is 2.48. The summed E-state index contributed by atoms with van der Waals surface area (Å²) in [6.45, 7) is 7.09. The van der Waals surface area contributed by atoms with Crippen molar-refractivity contribution < 1.29 is 18.3 Å². The largest absolute Gasteiger partial charge is 0.478 e. The standard InChI is InChI=1S/C13H19NO4S/c1-9-6-5-7-10(12(15)16)11(9)14-19(17,18)8-13(2,3)4/h5-7,14H,8H2,1-4H3,(H,15,16). The average molecular weight is 285 g/mol. The van der Waals surface area contributed by atoms with Gasteiger partial charge in [-0.25, -0.2) is 13.2 Å². The van der Waals surface area contributed by atoms with Gasteiger partial charge in [-0.15, -0.1) is 0 Å². The molecule has 0 amide bonds. The molecule has 1 aromatic carbocycles. The van der Waals surface area contributed by atoms with E-state index in [2.05, 4.69) is 4.72 Å². The highest BCUT2D eigenvalue weighted by Gasteiger charge is 2.24. The number of hydrogen-bond donors (Lipinski definition) is 2. The lowest BCUT2D eigenvalue weighted by atomic mass is 10.0. The van der Waals surface area contributed by atoms with E-state index in [1.165, 1.54) is 6.07 Å². The second-order valence-electron chi connectivity index (χ2n) is 5.72. The average Bonchev–Trinajstić information content (AvgIpc) is 2.16. The summed E-state index contributed by atoms with van der Waals surface area (Å²) in [6.07, 6.45) is 0. The molecule has 0 aromatic heterocycles. The van der Waals surface area contributed by atoms with Crippen LogP contribution in [0.25, 0.3) is 0 Å². The molecule has 1 aromatic rings. The lowest BCUT2D eigenvalue weighted by Crippen LogP contribution is -2.27.